The summed E-state index contributed by atoms with van der Waals surface area (Å²) in [6.07, 6.45) is 2.80. The van der Waals surface area contributed by atoms with Gasteiger partial charge in [0.15, 0.2) is 0 Å². The number of rotatable bonds is 6. The lowest BCUT2D eigenvalue weighted by Gasteiger charge is -2.18. The standard InChI is InChI=1S/C12H20N2S/c1-14(2)8-7-13-12(10-5-6-10)11-4-3-9-15-11/h3-4,9-10,12-13H,5-8H2,1-2H3. The molecular formula is C12H20N2S. The predicted octanol–water partition coefficient (Wildman–Crippen LogP) is 2.35. The minimum Gasteiger partial charge on any atom is -0.308 e. The number of likely N-dealkylation sites (N-methyl/N-ethyl adjacent to an activating group) is 1. The zero-order valence-electron chi connectivity index (χ0n) is 9.57. The van der Waals surface area contributed by atoms with Gasteiger partial charge in [-0.3, -0.25) is 0 Å². The van der Waals surface area contributed by atoms with Gasteiger partial charge in [0.1, 0.15) is 0 Å². The largest absolute Gasteiger partial charge is 0.308 e. The Kier molecular flexibility index (Phi) is 3.78. The Hall–Kier alpha value is -0.380. The van der Waals surface area contributed by atoms with Crippen molar-refractivity contribution in [3.63, 3.8) is 0 Å². The first-order chi connectivity index (χ1) is 7.27. The maximum absolute atomic E-state index is 3.68. The monoisotopic (exact) mass is 224 g/mol. The topological polar surface area (TPSA) is 15.3 Å². The minimum absolute atomic E-state index is 0.616. The first kappa shape index (κ1) is 11.1. The Labute approximate surface area is 96.3 Å². The van der Waals surface area contributed by atoms with Crippen LogP contribution in [0, 0.1) is 5.92 Å². The van der Waals surface area contributed by atoms with E-state index in [-0.39, 0.29) is 0 Å². The average molecular weight is 224 g/mol. The van der Waals surface area contributed by atoms with Crippen LogP contribution in [0.3, 0.4) is 0 Å². The Bertz CT molecular complexity index is 278. The zero-order chi connectivity index (χ0) is 10.7. The molecular weight excluding hydrogens is 204 g/mol. The van der Waals surface area contributed by atoms with Crippen LogP contribution in [0.1, 0.15) is 23.8 Å². The molecule has 1 aliphatic rings. The Balaban J connectivity index is 1.84. The molecule has 0 bridgehead atoms. The van der Waals surface area contributed by atoms with Crippen LogP contribution in [-0.4, -0.2) is 32.1 Å². The third-order valence-electron chi connectivity index (χ3n) is 2.87. The lowest BCUT2D eigenvalue weighted by Crippen LogP contribution is -2.30. The van der Waals surface area contributed by atoms with E-state index in [0.717, 1.165) is 19.0 Å². The van der Waals surface area contributed by atoms with Crippen molar-refractivity contribution in [3.8, 4) is 0 Å². The summed E-state index contributed by atoms with van der Waals surface area (Å²) in [4.78, 5) is 3.74. The number of hydrogen-bond acceptors (Lipinski definition) is 3. The molecule has 0 amide bonds. The number of thiophene rings is 1. The molecule has 84 valence electrons. The fraction of sp³-hybridized carbons (Fsp3) is 0.667. The van der Waals surface area contributed by atoms with E-state index in [1.807, 2.05) is 11.3 Å². The molecule has 0 aliphatic heterocycles. The molecule has 2 rings (SSSR count). The molecule has 1 unspecified atom stereocenters. The molecule has 1 atom stereocenters. The Morgan fingerprint density at radius 2 is 2.33 bits per heavy atom. The normalized spacial score (nSPS) is 18.3. The summed E-state index contributed by atoms with van der Waals surface area (Å²) in [6.45, 7) is 2.21. The highest BCUT2D eigenvalue weighted by atomic mass is 32.1. The molecule has 0 saturated heterocycles. The van der Waals surface area contributed by atoms with Gasteiger partial charge in [0.2, 0.25) is 0 Å². The van der Waals surface area contributed by atoms with E-state index >= 15 is 0 Å². The predicted molar refractivity (Wildman–Crippen MR) is 66.3 cm³/mol. The molecule has 1 N–H and O–H groups in total. The van der Waals surface area contributed by atoms with Crippen LogP contribution in [0.4, 0.5) is 0 Å². The van der Waals surface area contributed by atoms with Gasteiger partial charge in [0.05, 0.1) is 0 Å². The van der Waals surface area contributed by atoms with E-state index in [4.69, 9.17) is 0 Å². The highest BCUT2D eigenvalue weighted by Crippen LogP contribution is 2.42. The quantitative estimate of drug-likeness (QED) is 0.798. The molecule has 1 heterocycles. The highest BCUT2D eigenvalue weighted by Gasteiger charge is 2.32. The van der Waals surface area contributed by atoms with Gasteiger partial charge in [-0.1, -0.05) is 6.07 Å². The molecule has 1 aromatic rings. The summed E-state index contributed by atoms with van der Waals surface area (Å²) in [5, 5.41) is 5.86. The molecule has 15 heavy (non-hydrogen) atoms. The summed E-state index contributed by atoms with van der Waals surface area (Å²) in [5.41, 5.74) is 0. The summed E-state index contributed by atoms with van der Waals surface area (Å²) in [6, 6.07) is 5.03. The first-order valence-electron chi connectivity index (χ1n) is 5.69. The molecule has 2 nitrogen and oxygen atoms in total. The van der Waals surface area contributed by atoms with Crippen molar-refractivity contribution >= 4 is 11.3 Å². The van der Waals surface area contributed by atoms with Gasteiger partial charge in [0.25, 0.3) is 0 Å². The smallest absolute Gasteiger partial charge is 0.0443 e. The lowest BCUT2D eigenvalue weighted by molar-refractivity contribution is 0.376. The van der Waals surface area contributed by atoms with Crippen molar-refractivity contribution in [2.24, 2.45) is 5.92 Å². The maximum Gasteiger partial charge on any atom is 0.0443 e. The van der Waals surface area contributed by atoms with Gasteiger partial charge in [-0.2, -0.15) is 0 Å². The molecule has 1 saturated carbocycles. The van der Waals surface area contributed by atoms with Crippen LogP contribution in [-0.2, 0) is 0 Å². The second-order valence-corrected chi connectivity index (χ2v) is 5.57. The van der Waals surface area contributed by atoms with Crippen LogP contribution in [0.2, 0.25) is 0 Å². The molecule has 0 radical (unpaired) electrons. The van der Waals surface area contributed by atoms with Crippen molar-refractivity contribution < 1.29 is 0 Å². The Morgan fingerprint density at radius 1 is 1.53 bits per heavy atom. The number of nitrogens with zero attached hydrogens (tertiary/aromatic N) is 1. The van der Waals surface area contributed by atoms with Crippen LogP contribution < -0.4 is 5.32 Å². The van der Waals surface area contributed by atoms with Crippen LogP contribution in [0.15, 0.2) is 17.5 Å². The van der Waals surface area contributed by atoms with E-state index < -0.39 is 0 Å². The van der Waals surface area contributed by atoms with E-state index in [2.05, 4.69) is 41.8 Å². The van der Waals surface area contributed by atoms with Crippen molar-refractivity contribution in [2.45, 2.75) is 18.9 Å². The number of hydrogen-bond donors (Lipinski definition) is 1. The van der Waals surface area contributed by atoms with Gasteiger partial charge in [-0.15, -0.1) is 11.3 Å². The molecule has 3 heteroatoms. The molecule has 1 aliphatic carbocycles. The summed E-state index contributed by atoms with van der Waals surface area (Å²) < 4.78 is 0. The maximum atomic E-state index is 3.68. The SMILES string of the molecule is CN(C)CCNC(c1cccs1)C1CC1. The lowest BCUT2D eigenvalue weighted by atomic mass is 10.1. The first-order valence-corrected chi connectivity index (χ1v) is 6.57. The molecule has 0 spiro atoms. The zero-order valence-corrected chi connectivity index (χ0v) is 10.4. The summed E-state index contributed by atoms with van der Waals surface area (Å²) >= 11 is 1.88. The van der Waals surface area contributed by atoms with Gasteiger partial charge in [-0.05, 0) is 44.3 Å². The summed E-state index contributed by atoms with van der Waals surface area (Å²) in [7, 11) is 4.25. The fourth-order valence-corrected chi connectivity index (χ4v) is 2.73. The second-order valence-electron chi connectivity index (χ2n) is 4.59. The number of nitrogens with one attached hydrogen (secondary N) is 1. The third-order valence-corrected chi connectivity index (χ3v) is 3.82. The van der Waals surface area contributed by atoms with Crippen molar-refractivity contribution in [3.05, 3.63) is 22.4 Å². The van der Waals surface area contributed by atoms with Gasteiger partial charge < -0.3 is 10.2 Å². The second kappa shape index (κ2) is 5.10. The van der Waals surface area contributed by atoms with Gasteiger partial charge in [-0.25, -0.2) is 0 Å². The van der Waals surface area contributed by atoms with Crippen molar-refractivity contribution in [2.75, 3.05) is 27.2 Å². The van der Waals surface area contributed by atoms with Crippen LogP contribution >= 0.6 is 11.3 Å². The average Bonchev–Trinajstić information content (AvgIpc) is 2.88. The molecule has 0 aromatic carbocycles. The van der Waals surface area contributed by atoms with Crippen LogP contribution in [0.5, 0.6) is 0 Å². The Morgan fingerprint density at radius 3 is 2.87 bits per heavy atom. The van der Waals surface area contributed by atoms with Gasteiger partial charge >= 0.3 is 0 Å². The molecule has 1 aromatic heterocycles. The summed E-state index contributed by atoms with van der Waals surface area (Å²) in [5.74, 6) is 0.894. The van der Waals surface area contributed by atoms with Gasteiger partial charge in [0, 0.05) is 24.0 Å². The van der Waals surface area contributed by atoms with E-state index in [1.165, 1.54) is 17.7 Å². The van der Waals surface area contributed by atoms with E-state index in [9.17, 15) is 0 Å². The fourth-order valence-electron chi connectivity index (χ4n) is 1.84. The third kappa shape index (κ3) is 3.30. The molecule has 1 fully saturated rings. The van der Waals surface area contributed by atoms with E-state index in [1.54, 1.807) is 0 Å². The van der Waals surface area contributed by atoms with Crippen molar-refractivity contribution in [1.29, 1.82) is 0 Å². The highest BCUT2D eigenvalue weighted by molar-refractivity contribution is 7.10. The van der Waals surface area contributed by atoms with E-state index in [0.29, 0.717) is 6.04 Å². The van der Waals surface area contributed by atoms with Crippen molar-refractivity contribution in [1.82, 2.24) is 10.2 Å². The van der Waals surface area contributed by atoms with Crippen LogP contribution in [0.25, 0.3) is 0 Å². The minimum atomic E-state index is 0.616.